The van der Waals surface area contributed by atoms with Crippen molar-refractivity contribution in [2.24, 2.45) is 0 Å². The summed E-state index contributed by atoms with van der Waals surface area (Å²) < 4.78 is 14.4. The first-order chi connectivity index (χ1) is 21.5. The maximum atomic E-state index is 10.4. The number of phenolic OH excluding ortho intramolecular Hbond substituents is 1. The molecule has 232 valence electrons. The second-order valence-corrected chi connectivity index (χ2v) is 12.4. The number of fused-ring (bicyclic) bond motifs is 1. The van der Waals surface area contributed by atoms with Gasteiger partial charge in [-0.15, -0.1) is 10.2 Å². The molecule has 0 radical (unpaired) electrons. The second kappa shape index (κ2) is 12.5. The van der Waals surface area contributed by atoms with Crippen LogP contribution in [0.4, 0.5) is 11.8 Å². The predicted molar refractivity (Wildman–Crippen MR) is 168 cm³/mol. The number of phenols is 1. The van der Waals surface area contributed by atoms with Gasteiger partial charge < -0.3 is 30.1 Å². The molecule has 3 aliphatic rings. The summed E-state index contributed by atoms with van der Waals surface area (Å²) in [5.74, 6) is 2.33. The molecule has 7 rings (SSSR count). The van der Waals surface area contributed by atoms with E-state index in [1.54, 1.807) is 24.5 Å². The maximum Gasteiger partial charge on any atom is 0.225 e. The van der Waals surface area contributed by atoms with E-state index in [0.717, 1.165) is 87.5 Å². The minimum atomic E-state index is 0.168. The lowest BCUT2D eigenvalue weighted by atomic mass is 9.91. The largest absolute Gasteiger partial charge is 0.507 e. The Kier molecular flexibility index (Phi) is 8.18. The highest BCUT2D eigenvalue weighted by Gasteiger charge is 2.34. The van der Waals surface area contributed by atoms with Gasteiger partial charge in [-0.1, -0.05) is 12.1 Å². The highest BCUT2D eigenvalue weighted by Crippen LogP contribution is 2.34. The van der Waals surface area contributed by atoms with Crippen LogP contribution >= 0.6 is 0 Å². The van der Waals surface area contributed by atoms with Crippen molar-refractivity contribution in [2.75, 3.05) is 36.4 Å². The Hall–Kier alpha value is -4.03. The van der Waals surface area contributed by atoms with E-state index in [9.17, 15) is 5.11 Å². The average molecular weight is 600 g/mol. The lowest BCUT2D eigenvalue weighted by Crippen LogP contribution is -2.43. The van der Waals surface area contributed by atoms with Crippen LogP contribution in [0.5, 0.6) is 11.5 Å². The normalized spacial score (nSPS) is 21.5. The van der Waals surface area contributed by atoms with Crippen molar-refractivity contribution in [1.82, 2.24) is 35.3 Å². The number of nitrogens with zero attached hydrogens (tertiary/aromatic N) is 7. The molecule has 12 nitrogen and oxygen atoms in total. The van der Waals surface area contributed by atoms with Gasteiger partial charge in [-0.2, -0.15) is 5.10 Å². The van der Waals surface area contributed by atoms with E-state index >= 15 is 0 Å². The van der Waals surface area contributed by atoms with Gasteiger partial charge in [0.05, 0.1) is 41.9 Å². The van der Waals surface area contributed by atoms with Crippen LogP contribution in [0.2, 0.25) is 0 Å². The number of rotatable bonds is 9. The van der Waals surface area contributed by atoms with Crippen molar-refractivity contribution in [2.45, 2.75) is 82.8 Å². The lowest BCUT2D eigenvalue weighted by Gasteiger charge is -2.38. The topological polar surface area (TPSA) is 135 Å². The van der Waals surface area contributed by atoms with E-state index < -0.39 is 0 Å². The van der Waals surface area contributed by atoms with E-state index in [4.69, 9.17) is 14.6 Å². The number of hydrogen-bond donors (Lipinski definition) is 3. The van der Waals surface area contributed by atoms with Crippen molar-refractivity contribution in [1.29, 1.82) is 0 Å². The first-order valence-corrected chi connectivity index (χ1v) is 15.9. The first-order valence-electron chi connectivity index (χ1n) is 15.9. The Bertz CT molecular complexity index is 1560. The molecule has 3 aromatic heterocycles. The number of piperidine rings is 2. The standard InChI is InChI=1S/C32H41N9O3/c1-20(2)36-31-30-28(17-27(37-38-30)26-5-3-4-6-29(26)42)41(39-31)21-9-13-40(14-10-21)32-34-18-25(19-35-32)44-24-15-23(16-24)43-22-7-11-33-12-8-22/h3-6,17-24,33,42H,7-16H2,1-2H3,(H,36,39). The van der Waals surface area contributed by atoms with E-state index in [0.29, 0.717) is 29.2 Å². The minimum absolute atomic E-state index is 0.168. The van der Waals surface area contributed by atoms with Crippen LogP contribution < -0.4 is 20.3 Å². The Balaban J connectivity index is 0.986. The van der Waals surface area contributed by atoms with Gasteiger partial charge in [0.25, 0.3) is 0 Å². The van der Waals surface area contributed by atoms with Crippen molar-refractivity contribution in [3.8, 4) is 22.8 Å². The Labute approximate surface area is 257 Å². The summed E-state index contributed by atoms with van der Waals surface area (Å²) in [5, 5.41) is 31.2. The fourth-order valence-electron chi connectivity index (χ4n) is 6.37. The van der Waals surface area contributed by atoms with E-state index in [2.05, 4.69) is 54.2 Å². The van der Waals surface area contributed by atoms with Crippen LogP contribution in [0.25, 0.3) is 22.3 Å². The zero-order valence-corrected chi connectivity index (χ0v) is 25.4. The summed E-state index contributed by atoms with van der Waals surface area (Å²) in [4.78, 5) is 11.5. The summed E-state index contributed by atoms with van der Waals surface area (Å²) in [6.07, 6.45) is 10.2. The maximum absolute atomic E-state index is 10.4. The summed E-state index contributed by atoms with van der Waals surface area (Å²) in [6, 6.07) is 9.55. The number of hydrogen-bond acceptors (Lipinski definition) is 11. The van der Waals surface area contributed by atoms with Crippen molar-refractivity contribution >= 4 is 22.8 Å². The van der Waals surface area contributed by atoms with Gasteiger partial charge in [0.2, 0.25) is 5.95 Å². The van der Waals surface area contributed by atoms with Gasteiger partial charge in [-0.05, 0) is 70.8 Å². The zero-order chi connectivity index (χ0) is 30.0. The second-order valence-electron chi connectivity index (χ2n) is 12.4. The van der Waals surface area contributed by atoms with Crippen LogP contribution in [-0.4, -0.2) is 85.6 Å². The number of anilines is 2. The predicted octanol–water partition coefficient (Wildman–Crippen LogP) is 4.33. The molecular weight excluding hydrogens is 558 g/mol. The molecule has 0 amide bonds. The third-order valence-electron chi connectivity index (χ3n) is 8.79. The van der Waals surface area contributed by atoms with Gasteiger partial charge in [0.1, 0.15) is 11.9 Å². The van der Waals surface area contributed by atoms with Crippen molar-refractivity contribution in [3.63, 3.8) is 0 Å². The monoisotopic (exact) mass is 599 g/mol. The molecule has 1 aliphatic carbocycles. The SMILES string of the molecule is CC(C)Nc1nn(C2CCN(c3ncc(OC4CC(OC5CCNCC5)C4)cn3)CC2)c2cc(-c3ccccc3O)nnc12. The molecule has 5 heterocycles. The molecule has 1 saturated carbocycles. The molecular formula is C32H41N9O3. The molecule has 0 unspecified atom stereocenters. The third-order valence-corrected chi connectivity index (χ3v) is 8.79. The van der Waals surface area contributed by atoms with Crippen LogP contribution in [-0.2, 0) is 4.74 Å². The molecule has 2 aliphatic heterocycles. The molecule has 3 N–H and O–H groups in total. The van der Waals surface area contributed by atoms with Crippen LogP contribution in [0, 0.1) is 0 Å². The molecule has 3 fully saturated rings. The van der Waals surface area contributed by atoms with Crippen molar-refractivity contribution < 1.29 is 14.6 Å². The van der Waals surface area contributed by atoms with Gasteiger partial charge in [-0.3, -0.25) is 4.68 Å². The molecule has 0 bridgehead atoms. The molecule has 0 spiro atoms. The van der Waals surface area contributed by atoms with Gasteiger partial charge in [0, 0.05) is 37.5 Å². The summed E-state index contributed by atoms with van der Waals surface area (Å²) >= 11 is 0. The summed E-state index contributed by atoms with van der Waals surface area (Å²) in [5.41, 5.74) is 2.90. The molecule has 4 aromatic rings. The number of benzene rings is 1. The van der Waals surface area contributed by atoms with E-state index in [1.165, 1.54) is 0 Å². The number of aromatic nitrogens is 6. The van der Waals surface area contributed by atoms with E-state index in [-0.39, 0.29) is 23.9 Å². The first kappa shape index (κ1) is 28.7. The van der Waals surface area contributed by atoms with Crippen LogP contribution in [0.3, 0.4) is 0 Å². The number of aromatic hydroxyl groups is 1. The summed E-state index contributed by atoms with van der Waals surface area (Å²) in [7, 11) is 0. The Morgan fingerprint density at radius 3 is 2.43 bits per heavy atom. The van der Waals surface area contributed by atoms with Gasteiger partial charge in [-0.25, -0.2) is 9.97 Å². The zero-order valence-electron chi connectivity index (χ0n) is 25.4. The highest BCUT2D eigenvalue weighted by atomic mass is 16.5. The third kappa shape index (κ3) is 6.14. The molecule has 1 aromatic carbocycles. The number of nitrogens with one attached hydrogen (secondary N) is 2. The van der Waals surface area contributed by atoms with Crippen LogP contribution in [0.15, 0.2) is 42.7 Å². The molecule has 12 heteroatoms. The fraction of sp³-hybridized carbons (Fsp3) is 0.531. The lowest BCUT2D eigenvalue weighted by molar-refractivity contribution is -0.103. The Morgan fingerprint density at radius 2 is 1.70 bits per heavy atom. The average Bonchev–Trinajstić information content (AvgIpc) is 3.38. The van der Waals surface area contributed by atoms with Crippen LogP contribution in [0.1, 0.15) is 58.4 Å². The van der Waals surface area contributed by atoms with E-state index in [1.807, 2.05) is 18.2 Å². The smallest absolute Gasteiger partial charge is 0.225 e. The van der Waals surface area contributed by atoms with Gasteiger partial charge in [0.15, 0.2) is 17.1 Å². The molecule has 2 saturated heterocycles. The highest BCUT2D eigenvalue weighted by molar-refractivity contribution is 5.88. The van der Waals surface area contributed by atoms with Gasteiger partial charge >= 0.3 is 0 Å². The molecule has 0 atom stereocenters. The quantitative estimate of drug-likeness (QED) is 0.254. The molecule has 44 heavy (non-hydrogen) atoms. The Morgan fingerprint density at radius 1 is 0.955 bits per heavy atom. The number of ether oxygens (including phenoxy) is 2. The number of para-hydroxylation sites is 1. The fourth-order valence-corrected chi connectivity index (χ4v) is 6.37. The minimum Gasteiger partial charge on any atom is -0.507 e. The summed E-state index contributed by atoms with van der Waals surface area (Å²) in [6.45, 7) is 7.87. The van der Waals surface area contributed by atoms with Crippen molar-refractivity contribution in [3.05, 3.63) is 42.7 Å².